The summed E-state index contributed by atoms with van der Waals surface area (Å²) in [6, 6.07) is 18.6. The van der Waals surface area contributed by atoms with Crippen molar-refractivity contribution in [1.82, 2.24) is 0 Å². The molecule has 0 unspecified atom stereocenters. The molecule has 3 rings (SSSR count). The third-order valence-corrected chi connectivity index (χ3v) is 4.20. The minimum Gasteiger partial charge on any atom is -0.493 e. The first-order valence-corrected chi connectivity index (χ1v) is 8.23. The average Bonchev–Trinajstić information content (AvgIpc) is 3.14. The Morgan fingerprint density at radius 1 is 1.04 bits per heavy atom. The van der Waals surface area contributed by atoms with Crippen LogP contribution in [0.1, 0.15) is 11.3 Å². The van der Waals surface area contributed by atoms with Crippen LogP contribution in [0.5, 0.6) is 11.5 Å². The maximum atomic E-state index is 9.55. The summed E-state index contributed by atoms with van der Waals surface area (Å²) in [4.78, 5) is 0. The van der Waals surface area contributed by atoms with E-state index in [1.54, 1.807) is 50.6 Å². The van der Waals surface area contributed by atoms with Gasteiger partial charge < -0.3 is 13.9 Å². The van der Waals surface area contributed by atoms with E-state index < -0.39 is 0 Å². The van der Waals surface area contributed by atoms with Crippen molar-refractivity contribution in [3.63, 3.8) is 0 Å². The van der Waals surface area contributed by atoms with Crippen molar-refractivity contribution in [3.8, 4) is 28.9 Å². The Bertz CT molecular complexity index is 998. The summed E-state index contributed by atoms with van der Waals surface area (Å²) >= 11 is 6.21. The van der Waals surface area contributed by atoms with Crippen LogP contribution in [0.2, 0.25) is 5.02 Å². The lowest BCUT2D eigenvalue weighted by molar-refractivity contribution is 0.355. The smallest absolute Gasteiger partial charge is 0.161 e. The van der Waals surface area contributed by atoms with Gasteiger partial charge in [0.05, 0.1) is 30.9 Å². The summed E-state index contributed by atoms with van der Waals surface area (Å²) < 4.78 is 16.4. The highest BCUT2D eigenvalue weighted by Crippen LogP contribution is 2.32. The summed E-state index contributed by atoms with van der Waals surface area (Å²) in [5.41, 5.74) is 1.96. The van der Waals surface area contributed by atoms with Crippen LogP contribution in [0.15, 0.2) is 59.0 Å². The van der Waals surface area contributed by atoms with E-state index in [4.69, 9.17) is 25.5 Å². The molecule has 0 N–H and O–H groups in total. The van der Waals surface area contributed by atoms with Crippen LogP contribution in [0.3, 0.4) is 0 Å². The zero-order chi connectivity index (χ0) is 18.5. The second-order valence-electron chi connectivity index (χ2n) is 5.42. The van der Waals surface area contributed by atoms with Crippen LogP contribution in [-0.2, 0) is 0 Å². The zero-order valence-electron chi connectivity index (χ0n) is 14.3. The largest absolute Gasteiger partial charge is 0.493 e. The molecule has 0 atom stereocenters. The molecule has 130 valence electrons. The monoisotopic (exact) mass is 365 g/mol. The molecule has 0 saturated carbocycles. The number of furan rings is 1. The lowest BCUT2D eigenvalue weighted by Crippen LogP contribution is -1.92. The number of halogens is 1. The van der Waals surface area contributed by atoms with E-state index in [-0.39, 0.29) is 0 Å². The van der Waals surface area contributed by atoms with E-state index in [9.17, 15) is 5.26 Å². The fourth-order valence-corrected chi connectivity index (χ4v) is 2.79. The highest BCUT2D eigenvalue weighted by molar-refractivity contribution is 6.33. The molecule has 5 heteroatoms. The van der Waals surface area contributed by atoms with Crippen LogP contribution < -0.4 is 9.47 Å². The van der Waals surface area contributed by atoms with Crippen molar-refractivity contribution in [2.24, 2.45) is 0 Å². The third-order valence-electron chi connectivity index (χ3n) is 3.87. The van der Waals surface area contributed by atoms with E-state index in [0.29, 0.717) is 39.2 Å². The molecule has 1 aromatic heterocycles. The number of allylic oxidation sites excluding steroid dienone is 1. The van der Waals surface area contributed by atoms with Gasteiger partial charge in [-0.1, -0.05) is 23.7 Å². The van der Waals surface area contributed by atoms with E-state index >= 15 is 0 Å². The van der Waals surface area contributed by atoms with Gasteiger partial charge in [0.25, 0.3) is 0 Å². The Morgan fingerprint density at radius 3 is 2.50 bits per heavy atom. The van der Waals surface area contributed by atoms with Gasteiger partial charge in [-0.15, -0.1) is 0 Å². The van der Waals surface area contributed by atoms with Crippen LogP contribution >= 0.6 is 11.6 Å². The molecule has 0 aliphatic heterocycles. The number of nitriles is 1. The Morgan fingerprint density at radius 2 is 1.81 bits per heavy atom. The molecule has 4 nitrogen and oxygen atoms in total. The number of hydrogen-bond acceptors (Lipinski definition) is 4. The Kier molecular flexibility index (Phi) is 5.31. The molecule has 0 amide bonds. The Hall–Kier alpha value is -3.16. The molecule has 2 aromatic carbocycles. The molecular weight excluding hydrogens is 350 g/mol. The first kappa shape index (κ1) is 17.7. The normalized spacial score (nSPS) is 11.1. The molecular formula is C21H16ClNO3. The predicted molar refractivity (Wildman–Crippen MR) is 102 cm³/mol. The fraction of sp³-hybridized carbons (Fsp3) is 0.0952. The minimum atomic E-state index is 0.450. The van der Waals surface area contributed by atoms with Crippen molar-refractivity contribution in [1.29, 1.82) is 5.26 Å². The van der Waals surface area contributed by atoms with Gasteiger partial charge in [0.15, 0.2) is 11.5 Å². The average molecular weight is 366 g/mol. The number of rotatable bonds is 5. The molecule has 0 bridgehead atoms. The zero-order valence-corrected chi connectivity index (χ0v) is 15.1. The molecule has 1 heterocycles. The molecule has 0 spiro atoms. The number of methoxy groups -OCH3 is 2. The third kappa shape index (κ3) is 3.58. The molecule has 0 saturated heterocycles. The van der Waals surface area contributed by atoms with E-state index in [2.05, 4.69) is 6.07 Å². The van der Waals surface area contributed by atoms with E-state index in [1.807, 2.05) is 24.3 Å². The van der Waals surface area contributed by atoms with Gasteiger partial charge in [-0.2, -0.15) is 5.26 Å². The lowest BCUT2D eigenvalue weighted by atomic mass is 10.1. The second-order valence-corrected chi connectivity index (χ2v) is 5.83. The van der Waals surface area contributed by atoms with Gasteiger partial charge in [0, 0.05) is 5.56 Å². The van der Waals surface area contributed by atoms with Crippen molar-refractivity contribution in [2.45, 2.75) is 0 Å². The summed E-state index contributed by atoms with van der Waals surface area (Å²) in [6.07, 6.45) is 1.68. The van der Waals surface area contributed by atoms with Gasteiger partial charge >= 0.3 is 0 Å². The first-order valence-electron chi connectivity index (χ1n) is 7.85. The highest BCUT2D eigenvalue weighted by Gasteiger charge is 2.11. The van der Waals surface area contributed by atoms with Crippen LogP contribution in [0.25, 0.3) is 23.0 Å². The number of nitrogens with zero attached hydrogens (tertiary/aromatic N) is 1. The minimum absolute atomic E-state index is 0.450. The number of ether oxygens (including phenoxy) is 2. The summed E-state index contributed by atoms with van der Waals surface area (Å²) in [5, 5.41) is 10.2. The molecule has 0 radical (unpaired) electrons. The van der Waals surface area contributed by atoms with Crippen LogP contribution in [-0.4, -0.2) is 14.2 Å². The molecule has 0 aliphatic carbocycles. The standard InChI is InChI=1S/C21H16ClNO3/c1-24-20-9-7-14(12-21(20)25-2)15(13-23)11-16-8-10-19(26-16)17-5-3-4-6-18(17)22/h3-12H,1-2H3/b15-11+. The van der Waals surface area contributed by atoms with Crippen LogP contribution in [0, 0.1) is 11.3 Å². The van der Waals surface area contributed by atoms with Gasteiger partial charge in [-0.3, -0.25) is 0 Å². The summed E-state index contributed by atoms with van der Waals surface area (Å²) in [7, 11) is 3.12. The first-order chi connectivity index (χ1) is 12.7. The van der Waals surface area contributed by atoms with Gasteiger partial charge in [0.1, 0.15) is 11.5 Å². The fourth-order valence-electron chi connectivity index (χ4n) is 2.56. The number of hydrogen-bond donors (Lipinski definition) is 0. The van der Waals surface area contributed by atoms with Crippen molar-refractivity contribution in [3.05, 3.63) is 70.9 Å². The Labute approximate surface area is 156 Å². The highest BCUT2D eigenvalue weighted by atomic mass is 35.5. The quantitative estimate of drug-likeness (QED) is 0.546. The topological polar surface area (TPSA) is 55.4 Å². The lowest BCUT2D eigenvalue weighted by Gasteiger charge is -2.08. The molecule has 0 aliphatic rings. The van der Waals surface area contributed by atoms with Crippen molar-refractivity contribution < 1.29 is 13.9 Å². The van der Waals surface area contributed by atoms with E-state index in [1.165, 1.54) is 0 Å². The maximum absolute atomic E-state index is 9.55. The summed E-state index contributed by atoms with van der Waals surface area (Å²) in [6.45, 7) is 0. The van der Waals surface area contributed by atoms with Gasteiger partial charge in [0.2, 0.25) is 0 Å². The SMILES string of the molecule is COc1ccc(/C(C#N)=C/c2ccc(-c3ccccc3Cl)o2)cc1OC. The molecule has 3 aromatic rings. The van der Waals surface area contributed by atoms with Crippen LogP contribution in [0.4, 0.5) is 0 Å². The van der Waals surface area contributed by atoms with Gasteiger partial charge in [-0.05, 0) is 54.1 Å². The summed E-state index contributed by atoms with van der Waals surface area (Å²) in [5.74, 6) is 2.37. The van der Waals surface area contributed by atoms with Gasteiger partial charge in [-0.25, -0.2) is 0 Å². The number of benzene rings is 2. The molecule has 26 heavy (non-hydrogen) atoms. The van der Waals surface area contributed by atoms with Crippen molar-refractivity contribution >= 4 is 23.3 Å². The second kappa shape index (κ2) is 7.81. The Balaban J connectivity index is 1.96. The van der Waals surface area contributed by atoms with E-state index in [0.717, 1.165) is 5.56 Å². The maximum Gasteiger partial charge on any atom is 0.161 e. The predicted octanol–water partition coefficient (Wildman–Crippen LogP) is 5.68. The molecule has 0 fully saturated rings. The van der Waals surface area contributed by atoms with Crippen molar-refractivity contribution in [2.75, 3.05) is 14.2 Å².